The Balaban J connectivity index is 1.24. The molecule has 4 rings (SSSR count). The van der Waals surface area contributed by atoms with Crippen molar-refractivity contribution < 1.29 is 23.9 Å². The molecule has 0 atom stereocenters. The van der Waals surface area contributed by atoms with Gasteiger partial charge in [-0.1, -0.05) is 55.0 Å². The molecule has 1 aliphatic heterocycles. The van der Waals surface area contributed by atoms with Crippen molar-refractivity contribution in [2.75, 3.05) is 20.8 Å². The van der Waals surface area contributed by atoms with E-state index in [0.29, 0.717) is 37.6 Å². The van der Waals surface area contributed by atoms with E-state index in [0.717, 1.165) is 47.1 Å². The van der Waals surface area contributed by atoms with E-state index in [9.17, 15) is 9.59 Å². The summed E-state index contributed by atoms with van der Waals surface area (Å²) in [7, 11) is 3.23. The van der Waals surface area contributed by atoms with E-state index in [1.807, 2.05) is 71.6 Å². The van der Waals surface area contributed by atoms with Crippen molar-refractivity contribution in [3.05, 3.63) is 83.4 Å². The molecule has 0 saturated carbocycles. The second-order valence-electron chi connectivity index (χ2n) is 8.74. The Kier molecular flexibility index (Phi) is 8.57. The number of benzene rings is 3. The Morgan fingerprint density at radius 3 is 2.44 bits per heavy atom. The highest BCUT2D eigenvalue weighted by molar-refractivity contribution is 6.00. The Morgan fingerprint density at radius 1 is 0.889 bits per heavy atom. The van der Waals surface area contributed by atoms with Crippen molar-refractivity contribution >= 4 is 11.8 Å². The molecule has 3 aromatic carbocycles. The number of fused-ring (bicyclic) bond motifs is 1. The Labute approximate surface area is 211 Å². The van der Waals surface area contributed by atoms with Crippen molar-refractivity contribution in [1.82, 2.24) is 10.4 Å². The van der Waals surface area contributed by atoms with Crippen molar-refractivity contribution in [3.8, 4) is 22.6 Å². The van der Waals surface area contributed by atoms with Crippen molar-refractivity contribution in [2.45, 2.75) is 38.8 Å². The first kappa shape index (κ1) is 25.3. The van der Waals surface area contributed by atoms with Gasteiger partial charge < -0.3 is 14.4 Å². The molecule has 7 nitrogen and oxygen atoms in total. The first-order valence-corrected chi connectivity index (χ1v) is 12.2. The molecule has 0 bridgehead atoms. The number of hydrogen-bond acceptors (Lipinski definition) is 5. The molecule has 3 aromatic rings. The number of hydrogen-bond donors (Lipinski definition) is 1. The predicted molar refractivity (Wildman–Crippen MR) is 138 cm³/mol. The number of ether oxygens (including phenoxy) is 2. The fourth-order valence-corrected chi connectivity index (χ4v) is 4.44. The molecule has 0 fully saturated rings. The van der Waals surface area contributed by atoms with E-state index in [2.05, 4.69) is 5.48 Å². The number of nitrogens with zero attached hydrogens (tertiary/aromatic N) is 1. The second kappa shape index (κ2) is 12.2. The molecule has 0 unspecified atom stereocenters. The van der Waals surface area contributed by atoms with E-state index in [4.69, 9.17) is 14.3 Å². The van der Waals surface area contributed by atoms with Gasteiger partial charge in [0.25, 0.3) is 5.91 Å². The third kappa shape index (κ3) is 6.04. The maximum Gasteiger partial charge on any atom is 0.254 e. The van der Waals surface area contributed by atoms with Crippen LogP contribution in [0.1, 0.15) is 47.2 Å². The molecular weight excluding hydrogens is 456 g/mol. The topological polar surface area (TPSA) is 77.1 Å². The Bertz CT molecular complexity index is 1200. The third-order valence-electron chi connectivity index (χ3n) is 6.34. The van der Waals surface area contributed by atoms with Crippen LogP contribution in [0.15, 0.2) is 66.7 Å². The van der Waals surface area contributed by atoms with Crippen LogP contribution in [0.25, 0.3) is 11.1 Å². The van der Waals surface area contributed by atoms with Crippen LogP contribution in [0, 0.1) is 0 Å². The van der Waals surface area contributed by atoms with Gasteiger partial charge in [-0.25, -0.2) is 5.48 Å². The van der Waals surface area contributed by atoms with Crippen molar-refractivity contribution in [3.63, 3.8) is 0 Å². The lowest BCUT2D eigenvalue weighted by Crippen LogP contribution is -2.25. The molecule has 36 heavy (non-hydrogen) atoms. The first-order chi connectivity index (χ1) is 17.6. The van der Waals surface area contributed by atoms with Crippen LogP contribution in [0.4, 0.5) is 0 Å². The molecule has 1 N–H and O–H groups in total. The molecule has 0 saturated heterocycles. The van der Waals surface area contributed by atoms with Crippen molar-refractivity contribution in [2.24, 2.45) is 0 Å². The SMILES string of the molecule is COc1ccc(-c2cccc3c2CN(CCCCCC(=O)NOCc2ccccc2)C3=O)cc1OC. The average Bonchev–Trinajstić information content (AvgIpc) is 3.24. The number of hydroxylamine groups is 1. The standard InChI is InChI=1S/C29H32N2O5/c1-34-26-16-15-22(18-27(26)35-2)23-12-9-13-24-25(23)19-31(29(24)33)17-8-4-7-14-28(32)30-36-20-21-10-5-3-6-11-21/h3,5-6,9-13,15-16,18H,4,7-8,14,17,19-20H2,1-2H3,(H,30,32). The first-order valence-electron chi connectivity index (χ1n) is 12.2. The van der Waals surface area contributed by atoms with Gasteiger partial charge in [0, 0.05) is 25.1 Å². The van der Waals surface area contributed by atoms with Gasteiger partial charge in [-0.2, -0.15) is 0 Å². The number of methoxy groups -OCH3 is 2. The van der Waals surface area contributed by atoms with Gasteiger partial charge in [0.15, 0.2) is 11.5 Å². The fourth-order valence-electron chi connectivity index (χ4n) is 4.44. The quantitative estimate of drug-likeness (QED) is 0.282. The summed E-state index contributed by atoms with van der Waals surface area (Å²) in [6.07, 6.45) is 2.83. The lowest BCUT2D eigenvalue weighted by molar-refractivity contribution is -0.134. The van der Waals surface area contributed by atoms with Gasteiger partial charge >= 0.3 is 0 Å². The van der Waals surface area contributed by atoms with Crippen LogP contribution in [0.3, 0.4) is 0 Å². The normalized spacial score (nSPS) is 12.4. The largest absolute Gasteiger partial charge is 0.493 e. The fraction of sp³-hybridized carbons (Fsp3) is 0.310. The molecule has 2 amide bonds. The minimum absolute atomic E-state index is 0.0550. The molecule has 1 heterocycles. The summed E-state index contributed by atoms with van der Waals surface area (Å²) in [5.74, 6) is 1.25. The van der Waals surface area contributed by atoms with Gasteiger partial charge in [-0.15, -0.1) is 0 Å². The number of carbonyl (C=O) groups is 2. The van der Waals surface area contributed by atoms with Crippen molar-refractivity contribution in [1.29, 1.82) is 0 Å². The molecule has 0 aliphatic carbocycles. The van der Waals surface area contributed by atoms with E-state index in [1.54, 1.807) is 14.2 Å². The van der Waals surface area contributed by atoms with Gasteiger partial charge in [0.2, 0.25) is 5.91 Å². The zero-order valence-electron chi connectivity index (χ0n) is 20.8. The maximum atomic E-state index is 13.0. The molecular formula is C29H32N2O5. The zero-order valence-corrected chi connectivity index (χ0v) is 20.8. The molecule has 7 heteroatoms. The van der Waals surface area contributed by atoms with Crippen LogP contribution < -0.4 is 15.0 Å². The molecule has 0 aromatic heterocycles. The highest BCUT2D eigenvalue weighted by Gasteiger charge is 2.29. The van der Waals surface area contributed by atoms with Crippen LogP contribution in [-0.2, 0) is 22.8 Å². The smallest absolute Gasteiger partial charge is 0.254 e. The maximum absolute atomic E-state index is 13.0. The van der Waals surface area contributed by atoms with Gasteiger partial charge in [-0.3, -0.25) is 14.4 Å². The number of rotatable bonds is 12. The van der Waals surface area contributed by atoms with E-state index >= 15 is 0 Å². The lowest BCUT2D eigenvalue weighted by atomic mass is 9.96. The average molecular weight is 489 g/mol. The van der Waals surface area contributed by atoms with Crippen LogP contribution >= 0.6 is 0 Å². The second-order valence-corrected chi connectivity index (χ2v) is 8.74. The monoisotopic (exact) mass is 488 g/mol. The van der Waals surface area contributed by atoms with Gasteiger partial charge in [-0.05, 0) is 53.3 Å². The Hall–Kier alpha value is -3.84. The predicted octanol–water partition coefficient (Wildman–Crippen LogP) is 5.14. The summed E-state index contributed by atoms with van der Waals surface area (Å²) in [6.45, 7) is 1.58. The number of nitrogens with one attached hydrogen (secondary N) is 1. The summed E-state index contributed by atoms with van der Waals surface area (Å²) < 4.78 is 10.8. The van der Waals surface area contributed by atoms with Crippen LogP contribution in [0.5, 0.6) is 11.5 Å². The lowest BCUT2D eigenvalue weighted by Gasteiger charge is -2.16. The van der Waals surface area contributed by atoms with E-state index < -0.39 is 0 Å². The molecule has 0 radical (unpaired) electrons. The Morgan fingerprint density at radius 2 is 1.67 bits per heavy atom. The summed E-state index contributed by atoms with van der Waals surface area (Å²) in [5.41, 5.74) is 7.29. The van der Waals surface area contributed by atoms with Gasteiger partial charge in [0.05, 0.1) is 20.8 Å². The summed E-state index contributed by atoms with van der Waals surface area (Å²) in [6, 6.07) is 21.3. The molecule has 1 aliphatic rings. The minimum atomic E-state index is -0.129. The van der Waals surface area contributed by atoms with E-state index in [1.165, 1.54) is 0 Å². The summed E-state index contributed by atoms with van der Waals surface area (Å²) >= 11 is 0. The molecule has 0 spiro atoms. The number of amides is 2. The van der Waals surface area contributed by atoms with Crippen LogP contribution in [-0.4, -0.2) is 37.5 Å². The van der Waals surface area contributed by atoms with E-state index in [-0.39, 0.29) is 11.8 Å². The zero-order chi connectivity index (χ0) is 25.3. The van der Waals surface area contributed by atoms with Gasteiger partial charge in [0.1, 0.15) is 0 Å². The summed E-state index contributed by atoms with van der Waals surface area (Å²) in [5, 5.41) is 0. The number of unbranched alkanes of at least 4 members (excludes halogenated alkanes) is 2. The molecule has 188 valence electrons. The van der Waals surface area contributed by atoms with Crippen LogP contribution in [0.2, 0.25) is 0 Å². The highest BCUT2D eigenvalue weighted by Crippen LogP contribution is 2.37. The number of carbonyl (C=O) groups excluding carboxylic acids is 2. The third-order valence-corrected chi connectivity index (χ3v) is 6.34. The summed E-state index contributed by atoms with van der Waals surface area (Å²) in [4.78, 5) is 32.2. The minimum Gasteiger partial charge on any atom is -0.493 e. The highest BCUT2D eigenvalue weighted by atomic mass is 16.6.